The van der Waals surface area contributed by atoms with E-state index >= 15 is 0 Å². The van der Waals surface area contributed by atoms with Gasteiger partial charge in [0.1, 0.15) is 6.04 Å². The maximum Gasteiger partial charge on any atom is 0.319 e. The summed E-state index contributed by atoms with van der Waals surface area (Å²) < 4.78 is 8.07. The van der Waals surface area contributed by atoms with Gasteiger partial charge < -0.3 is 14.3 Å². The molecule has 1 atom stereocenters. The number of hydrogen-bond donors (Lipinski definition) is 1. The number of nitrogens with one attached hydrogen (secondary N) is 1. The Morgan fingerprint density at radius 2 is 2.03 bits per heavy atom. The van der Waals surface area contributed by atoms with Crippen LogP contribution < -0.4 is 4.90 Å². The number of fused-ring (bicyclic) bond motifs is 2. The van der Waals surface area contributed by atoms with Crippen molar-refractivity contribution in [3.05, 3.63) is 76.9 Å². The molecule has 0 saturated heterocycles. The molecule has 0 spiro atoms. The van der Waals surface area contributed by atoms with Gasteiger partial charge in [-0.15, -0.1) is 5.10 Å². The maximum absolute atomic E-state index is 6.16. The fourth-order valence-corrected chi connectivity index (χ4v) is 4.44. The Bertz CT molecular complexity index is 1450. The number of aromatic nitrogens is 7. The quantitative estimate of drug-likeness (QED) is 0.470. The van der Waals surface area contributed by atoms with Gasteiger partial charge in [0, 0.05) is 30.6 Å². The molecule has 0 saturated carbocycles. The number of anilines is 1. The number of aromatic amines is 1. The summed E-state index contributed by atoms with van der Waals surface area (Å²) in [6, 6.07) is 10.3. The molecular formula is C23H22N8O. The second-order valence-electron chi connectivity index (χ2n) is 8.18. The van der Waals surface area contributed by atoms with Crippen LogP contribution in [0.15, 0.2) is 47.3 Å². The van der Waals surface area contributed by atoms with E-state index in [1.54, 1.807) is 6.33 Å². The molecule has 0 aliphatic carbocycles. The Morgan fingerprint density at radius 1 is 1.12 bits per heavy atom. The molecule has 0 aromatic carbocycles. The van der Waals surface area contributed by atoms with E-state index in [1.165, 1.54) is 5.56 Å². The third-order valence-corrected chi connectivity index (χ3v) is 6.05. The molecule has 0 unspecified atom stereocenters. The van der Waals surface area contributed by atoms with Crippen molar-refractivity contribution in [1.82, 2.24) is 34.8 Å². The van der Waals surface area contributed by atoms with E-state index < -0.39 is 0 Å². The zero-order chi connectivity index (χ0) is 21.8. The van der Waals surface area contributed by atoms with E-state index in [9.17, 15) is 0 Å². The van der Waals surface area contributed by atoms with E-state index in [1.807, 2.05) is 42.8 Å². The topological polar surface area (TPSA) is 101 Å². The summed E-state index contributed by atoms with van der Waals surface area (Å²) >= 11 is 0. The molecule has 0 fully saturated rings. The van der Waals surface area contributed by atoms with Gasteiger partial charge in [0.05, 0.1) is 34.5 Å². The van der Waals surface area contributed by atoms with Gasteiger partial charge in [-0.1, -0.05) is 11.2 Å². The summed E-state index contributed by atoms with van der Waals surface area (Å²) in [6.45, 7) is 6.71. The van der Waals surface area contributed by atoms with Crippen LogP contribution in [0.1, 0.15) is 40.1 Å². The lowest BCUT2D eigenvalue weighted by Crippen LogP contribution is -2.36. The monoisotopic (exact) mass is 426 g/mol. The Labute approximate surface area is 184 Å². The first-order valence-electron chi connectivity index (χ1n) is 10.6. The van der Waals surface area contributed by atoms with Crippen molar-refractivity contribution in [2.24, 2.45) is 0 Å². The van der Waals surface area contributed by atoms with Gasteiger partial charge in [-0.3, -0.25) is 4.98 Å². The van der Waals surface area contributed by atoms with Crippen LogP contribution in [0.4, 0.5) is 6.01 Å². The molecule has 1 aliphatic heterocycles. The summed E-state index contributed by atoms with van der Waals surface area (Å²) in [7, 11) is 0. The summed E-state index contributed by atoms with van der Waals surface area (Å²) in [5.41, 5.74) is 7.82. The van der Waals surface area contributed by atoms with Crippen LogP contribution in [-0.2, 0) is 6.42 Å². The molecule has 6 rings (SSSR count). The summed E-state index contributed by atoms with van der Waals surface area (Å²) in [5.74, 6) is 0.461. The normalized spacial score (nSPS) is 16.0. The van der Waals surface area contributed by atoms with E-state index in [0.29, 0.717) is 18.5 Å². The van der Waals surface area contributed by atoms with Crippen LogP contribution in [-0.4, -0.2) is 41.3 Å². The average Bonchev–Trinajstić information content (AvgIpc) is 3.52. The van der Waals surface area contributed by atoms with Gasteiger partial charge >= 0.3 is 6.01 Å². The number of H-pyrrole nitrogens is 1. The third-order valence-electron chi connectivity index (χ3n) is 6.05. The Kier molecular flexibility index (Phi) is 4.11. The van der Waals surface area contributed by atoms with Crippen LogP contribution in [0, 0.1) is 20.8 Å². The molecular weight excluding hydrogens is 404 g/mol. The lowest BCUT2D eigenvalue weighted by Gasteiger charge is -2.32. The lowest BCUT2D eigenvalue weighted by molar-refractivity contribution is 0.503. The minimum absolute atomic E-state index is 0.227. The zero-order valence-corrected chi connectivity index (χ0v) is 18.1. The highest BCUT2D eigenvalue weighted by Gasteiger charge is 2.36. The van der Waals surface area contributed by atoms with Crippen molar-refractivity contribution < 1.29 is 4.42 Å². The molecule has 1 N–H and O–H groups in total. The van der Waals surface area contributed by atoms with Gasteiger partial charge in [-0.05, 0) is 50.6 Å². The zero-order valence-electron chi connectivity index (χ0n) is 18.1. The number of pyridine rings is 2. The molecule has 32 heavy (non-hydrogen) atoms. The highest BCUT2D eigenvalue weighted by molar-refractivity contribution is 5.59. The van der Waals surface area contributed by atoms with E-state index in [0.717, 1.165) is 46.0 Å². The van der Waals surface area contributed by atoms with Gasteiger partial charge in [-0.25, -0.2) is 9.50 Å². The first-order valence-corrected chi connectivity index (χ1v) is 10.6. The smallest absolute Gasteiger partial charge is 0.319 e. The molecule has 5 aromatic rings. The highest BCUT2D eigenvalue weighted by Crippen LogP contribution is 2.37. The summed E-state index contributed by atoms with van der Waals surface area (Å²) in [6.07, 6.45) is 4.51. The molecule has 0 radical (unpaired) electrons. The number of hydrogen-bond acceptors (Lipinski definition) is 7. The highest BCUT2D eigenvalue weighted by atomic mass is 16.4. The molecule has 1 aliphatic rings. The number of aryl methyl sites for hydroxylation is 3. The van der Waals surface area contributed by atoms with Crippen molar-refractivity contribution in [2.75, 3.05) is 11.4 Å². The van der Waals surface area contributed by atoms with Crippen LogP contribution in [0.2, 0.25) is 0 Å². The molecule has 160 valence electrons. The second kappa shape index (κ2) is 7.01. The van der Waals surface area contributed by atoms with Gasteiger partial charge in [-0.2, -0.15) is 5.10 Å². The average molecular weight is 426 g/mol. The van der Waals surface area contributed by atoms with Crippen molar-refractivity contribution >= 4 is 11.5 Å². The van der Waals surface area contributed by atoms with Crippen LogP contribution in [0.3, 0.4) is 0 Å². The predicted molar refractivity (Wildman–Crippen MR) is 118 cm³/mol. The van der Waals surface area contributed by atoms with Crippen LogP contribution >= 0.6 is 0 Å². The summed E-state index contributed by atoms with van der Waals surface area (Å²) in [4.78, 5) is 14.5. The SMILES string of the molecule is Cc1ccc(-c2nnc(N3CCc4[nH]cnc4[C@H]3c3cc4c(C)cccn4n3)o2)c(C)n1. The molecule has 0 bridgehead atoms. The van der Waals surface area contributed by atoms with Crippen molar-refractivity contribution in [2.45, 2.75) is 33.2 Å². The maximum atomic E-state index is 6.16. The third kappa shape index (κ3) is 2.89. The van der Waals surface area contributed by atoms with Crippen molar-refractivity contribution in [1.29, 1.82) is 0 Å². The molecule has 6 heterocycles. The lowest BCUT2D eigenvalue weighted by atomic mass is 10.00. The first kappa shape index (κ1) is 18.7. The summed E-state index contributed by atoms with van der Waals surface area (Å²) in [5, 5.41) is 13.6. The largest absolute Gasteiger partial charge is 0.403 e. The minimum Gasteiger partial charge on any atom is -0.403 e. The molecule has 9 heteroatoms. The molecule has 9 nitrogen and oxygen atoms in total. The fraction of sp³-hybridized carbons (Fsp3) is 0.261. The Hall–Kier alpha value is -4.01. The predicted octanol–water partition coefficient (Wildman–Crippen LogP) is 3.58. The second-order valence-corrected chi connectivity index (χ2v) is 8.18. The van der Waals surface area contributed by atoms with Gasteiger partial charge in [0.2, 0.25) is 0 Å². The molecule has 0 amide bonds. The van der Waals surface area contributed by atoms with Crippen molar-refractivity contribution in [3.8, 4) is 11.5 Å². The Balaban J connectivity index is 1.45. The minimum atomic E-state index is -0.227. The van der Waals surface area contributed by atoms with Crippen molar-refractivity contribution in [3.63, 3.8) is 0 Å². The standard InChI is InChI=1S/C23H22N8O/c1-13-5-4-9-31-19(13)11-18(29-31)21-20-17(24-12-25-20)8-10-30(21)23-28-27-22(32-23)16-7-6-14(2)26-15(16)3/h4-7,9,11-12,21H,8,10H2,1-3H3,(H,24,25)/t21-/m1/s1. The fourth-order valence-electron chi connectivity index (χ4n) is 4.44. The van der Waals surface area contributed by atoms with E-state index in [-0.39, 0.29) is 6.04 Å². The van der Waals surface area contributed by atoms with E-state index in [2.05, 4.69) is 49.1 Å². The number of imidazole rings is 1. The Morgan fingerprint density at radius 3 is 2.88 bits per heavy atom. The first-order chi connectivity index (χ1) is 15.6. The van der Waals surface area contributed by atoms with Crippen LogP contribution in [0.5, 0.6) is 0 Å². The van der Waals surface area contributed by atoms with E-state index in [4.69, 9.17) is 9.52 Å². The van der Waals surface area contributed by atoms with Gasteiger partial charge in [0.25, 0.3) is 5.89 Å². The van der Waals surface area contributed by atoms with Crippen LogP contribution in [0.25, 0.3) is 17.0 Å². The number of nitrogens with zero attached hydrogens (tertiary/aromatic N) is 7. The number of rotatable bonds is 3. The molecule has 5 aromatic heterocycles. The van der Waals surface area contributed by atoms with Gasteiger partial charge in [0.15, 0.2) is 0 Å².